The Morgan fingerprint density at radius 1 is 0.966 bits per heavy atom. The van der Waals surface area contributed by atoms with Crippen LogP contribution in [0.1, 0.15) is 17.0 Å². The van der Waals surface area contributed by atoms with E-state index in [1.54, 1.807) is 25.1 Å². The van der Waals surface area contributed by atoms with Crippen molar-refractivity contribution in [3.8, 4) is 11.5 Å². The van der Waals surface area contributed by atoms with Crippen molar-refractivity contribution < 1.29 is 9.47 Å². The Balaban J connectivity index is 1.59. The van der Waals surface area contributed by atoms with Crippen molar-refractivity contribution >= 4 is 29.2 Å². The van der Waals surface area contributed by atoms with Crippen LogP contribution in [-0.4, -0.2) is 35.3 Å². The van der Waals surface area contributed by atoms with Gasteiger partial charge in [0.2, 0.25) is 4.77 Å². The van der Waals surface area contributed by atoms with Gasteiger partial charge in [0.25, 0.3) is 0 Å². The maximum absolute atomic E-state index is 5.35. The molecule has 1 heterocycles. The first-order valence-corrected chi connectivity index (χ1v) is 9.48. The summed E-state index contributed by atoms with van der Waals surface area (Å²) >= 11 is 5.35. The van der Waals surface area contributed by atoms with Gasteiger partial charge in [-0.3, -0.25) is 5.10 Å². The Kier molecular flexibility index (Phi) is 5.39. The van der Waals surface area contributed by atoms with Crippen LogP contribution in [0.2, 0.25) is 0 Å². The molecule has 1 N–H and O–H groups in total. The molecule has 0 radical (unpaired) electrons. The van der Waals surface area contributed by atoms with Crippen LogP contribution in [0.15, 0.2) is 65.8 Å². The van der Waals surface area contributed by atoms with Crippen molar-refractivity contribution in [2.24, 2.45) is 5.10 Å². The Hall–Kier alpha value is -3.45. The second-order valence-electron chi connectivity index (χ2n) is 6.50. The molecule has 0 amide bonds. The molecule has 7 heteroatoms. The molecule has 4 aromatic rings. The third kappa shape index (κ3) is 4.20. The van der Waals surface area contributed by atoms with Gasteiger partial charge in [-0.2, -0.15) is 14.9 Å². The number of methoxy groups -OCH3 is 2. The third-order valence-corrected chi connectivity index (χ3v) is 4.90. The molecule has 0 bridgehead atoms. The smallest absolute Gasteiger partial charge is 0.216 e. The van der Waals surface area contributed by atoms with E-state index in [-0.39, 0.29) is 0 Å². The molecule has 0 fully saturated rings. The molecule has 146 valence electrons. The van der Waals surface area contributed by atoms with Crippen LogP contribution in [0.3, 0.4) is 0 Å². The van der Waals surface area contributed by atoms with Gasteiger partial charge >= 0.3 is 0 Å². The van der Waals surface area contributed by atoms with E-state index < -0.39 is 0 Å². The van der Waals surface area contributed by atoms with Gasteiger partial charge in [-0.05, 0) is 64.4 Å². The van der Waals surface area contributed by atoms with Gasteiger partial charge in [-0.25, -0.2) is 0 Å². The molecule has 0 saturated carbocycles. The number of hydrogen-bond donors (Lipinski definition) is 1. The van der Waals surface area contributed by atoms with Gasteiger partial charge in [0.1, 0.15) is 11.5 Å². The van der Waals surface area contributed by atoms with E-state index in [2.05, 4.69) is 21.4 Å². The second-order valence-corrected chi connectivity index (χ2v) is 6.89. The molecule has 0 spiro atoms. The summed E-state index contributed by atoms with van der Waals surface area (Å²) in [5.41, 5.74) is 2.07. The number of aromatic amines is 1. The zero-order valence-electron chi connectivity index (χ0n) is 16.1. The van der Waals surface area contributed by atoms with Crippen LogP contribution in [0.25, 0.3) is 10.8 Å². The van der Waals surface area contributed by atoms with E-state index in [1.807, 2.05) is 54.6 Å². The standard InChI is InChI=1S/C22H20N4O2S/c1-27-19-8-4-15(5-9-19)12-21-24-25-22(29)26(21)23-14-16-3-6-18-13-20(28-2)10-7-17(18)11-16/h3-11,13-14H,12H2,1-2H3,(H,25,29)/b23-14-. The quantitative estimate of drug-likeness (QED) is 0.377. The van der Waals surface area contributed by atoms with Crippen molar-refractivity contribution in [2.45, 2.75) is 6.42 Å². The maximum atomic E-state index is 5.35. The monoisotopic (exact) mass is 404 g/mol. The second kappa shape index (κ2) is 8.28. The average molecular weight is 404 g/mol. The lowest BCUT2D eigenvalue weighted by molar-refractivity contribution is 0.414. The van der Waals surface area contributed by atoms with E-state index >= 15 is 0 Å². The summed E-state index contributed by atoms with van der Waals surface area (Å²) in [6, 6.07) is 20.0. The summed E-state index contributed by atoms with van der Waals surface area (Å²) < 4.78 is 12.6. The molecule has 0 aliphatic heterocycles. The molecule has 0 atom stereocenters. The van der Waals surface area contributed by atoms with Crippen molar-refractivity contribution in [3.63, 3.8) is 0 Å². The highest BCUT2D eigenvalue weighted by atomic mass is 32.1. The van der Waals surface area contributed by atoms with Crippen molar-refractivity contribution in [1.29, 1.82) is 0 Å². The van der Waals surface area contributed by atoms with Crippen LogP contribution in [0, 0.1) is 4.77 Å². The number of hydrogen-bond acceptors (Lipinski definition) is 5. The molecule has 3 aromatic carbocycles. The molecule has 0 aliphatic carbocycles. The van der Waals surface area contributed by atoms with E-state index in [4.69, 9.17) is 21.7 Å². The fraction of sp³-hybridized carbons (Fsp3) is 0.136. The number of fused-ring (bicyclic) bond motifs is 1. The van der Waals surface area contributed by atoms with Crippen LogP contribution in [0.4, 0.5) is 0 Å². The van der Waals surface area contributed by atoms with E-state index in [9.17, 15) is 0 Å². The summed E-state index contributed by atoms with van der Waals surface area (Å²) in [6.07, 6.45) is 2.39. The van der Waals surface area contributed by atoms with Gasteiger partial charge in [0.05, 0.1) is 20.4 Å². The van der Waals surface area contributed by atoms with E-state index in [1.165, 1.54) is 0 Å². The fourth-order valence-electron chi connectivity index (χ4n) is 3.06. The number of ether oxygens (including phenoxy) is 2. The molecule has 0 unspecified atom stereocenters. The number of nitrogens with zero attached hydrogens (tertiary/aromatic N) is 3. The Morgan fingerprint density at radius 2 is 1.66 bits per heavy atom. The largest absolute Gasteiger partial charge is 0.497 e. The summed E-state index contributed by atoms with van der Waals surface area (Å²) in [4.78, 5) is 0. The SMILES string of the molecule is COc1ccc(Cc2n[nH]c(=S)n2/N=C\c2ccc3cc(OC)ccc3c2)cc1. The lowest BCUT2D eigenvalue weighted by atomic mass is 10.1. The summed E-state index contributed by atoms with van der Waals surface area (Å²) in [5, 5.41) is 13.9. The minimum Gasteiger partial charge on any atom is -0.497 e. The van der Waals surface area contributed by atoms with E-state index in [0.717, 1.165) is 39.2 Å². The Bertz CT molecular complexity index is 1230. The molecular weight excluding hydrogens is 384 g/mol. The number of rotatable bonds is 6. The molecule has 0 aliphatic rings. The zero-order valence-corrected chi connectivity index (χ0v) is 16.9. The molecular formula is C22H20N4O2S. The highest BCUT2D eigenvalue weighted by Gasteiger charge is 2.07. The first kappa shape index (κ1) is 18.9. The molecule has 29 heavy (non-hydrogen) atoms. The lowest BCUT2D eigenvalue weighted by Gasteiger charge is -2.04. The van der Waals surface area contributed by atoms with Gasteiger partial charge < -0.3 is 9.47 Å². The topological polar surface area (TPSA) is 64.4 Å². The maximum Gasteiger partial charge on any atom is 0.216 e. The number of nitrogens with one attached hydrogen (secondary N) is 1. The Labute approximate surface area is 173 Å². The predicted octanol–water partition coefficient (Wildman–Crippen LogP) is 4.58. The predicted molar refractivity (Wildman–Crippen MR) is 117 cm³/mol. The minimum atomic E-state index is 0.454. The average Bonchev–Trinajstić information content (AvgIpc) is 3.11. The number of H-pyrrole nitrogens is 1. The molecule has 1 aromatic heterocycles. The van der Waals surface area contributed by atoms with Crippen molar-refractivity contribution in [1.82, 2.24) is 14.9 Å². The lowest BCUT2D eigenvalue weighted by Crippen LogP contribution is -2.00. The zero-order chi connectivity index (χ0) is 20.2. The molecule has 0 saturated heterocycles. The highest BCUT2D eigenvalue weighted by molar-refractivity contribution is 7.71. The highest BCUT2D eigenvalue weighted by Crippen LogP contribution is 2.21. The normalized spacial score (nSPS) is 11.2. The summed E-state index contributed by atoms with van der Waals surface area (Å²) in [7, 11) is 3.32. The van der Waals surface area contributed by atoms with Gasteiger partial charge in [-0.15, -0.1) is 0 Å². The number of aromatic nitrogens is 3. The van der Waals surface area contributed by atoms with Gasteiger partial charge in [0.15, 0.2) is 5.82 Å². The Morgan fingerprint density at radius 3 is 2.41 bits per heavy atom. The molecule has 4 rings (SSSR count). The number of benzene rings is 3. The molecule has 6 nitrogen and oxygen atoms in total. The van der Waals surface area contributed by atoms with Crippen LogP contribution in [0.5, 0.6) is 11.5 Å². The van der Waals surface area contributed by atoms with Crippen LogP contribution >= 0.6 is 12.2 Å². The van der Waals surface area contributed by atoms with Crippen molar-refractivity contribution in [2.75, 3.05) is 14.2 Å². The minimum absolute atomic E-state index is 0.454. The van der Waals surface area contributed by atoms with Gasteiger partial charge in [0, 0.05) is 6.42 Å². The summed E-state index contributed by atoms with van der Waals surface area (Å²) in [6.45, 7) is 0. The first-order valence-electron chi connectivity index (χ1n) is 9.07. The van der Waals surface area contributed by atoms with Crippen LogP contribution < -0.4 is 9.47 Å². The van der Waals surface area contributed by atoms with E-state index in [0.29, 0.717) is 11.2 Å². The summed E-state index contributed by atoms with van der Waals surface area (Å²) in [5.74, 6) is 2.40. The fourth-order valence-corrected chi connectivity index (χ4v) is 3.26. The first-order chi connectivity index (χ1) is 14.2. The third-order valence-electron chi connectivity index (χ3n) is 4.63. The van der Waals surface area contributed by atoms with Crippen LogP contribution in [-0.2, 0) is 6.42 Å². The van der Waals surface area contributed by atoms with Crippen molar-refractivity contribution in [3.05, 3.63) is 82.4 Å². The van der Waals surface area contributed by atoms with Gasteiger partial charge in [-0.1, -0.05) is 30.3 Å².